The van der Waals surface area contributed by atoms with E-state index in [4.69, 9.17) is 4.74 Å². The van der Waals surface area contributed by atoms with Gasteiger partial charge in [0.1, 0.15) is 18.7 Å². The molecule has 0 aliphatic carbocycles. The summed E-state index contributed by atoms with van der Waals surface area (Å²) in [4.78, 5) is 50.0. The molecule has 0 saturated carbocycles. The van der Waals surface area contributed by atoms with E-state index < -0.39 is 17.5 Å². The van der Waals surface area contributed by atoms with Gasteiger partial charge in [-0.25, -0.2) is 0 Å². The van der Waals surface area contributed by atoms with Crippen molar-refractivity contribution in [3.63, 3.8) is 0 Å². The monoisotopic (exact) mass is 545 g/mol. The molecule has 3 N–H and O–H groups in total. The summed E-state index contributed by atoms with van der Waals surface area (Å²) >= 11 is 0. The summed E-state index contributed by atoms with van der Waals surface area (Å²) < 4.78 is 5.31. The Labute approximate surface area is 235 Å². The number of amides is 3. The molecule has 0 heterocycles. The normalized spacial score (nSPS) is 13.4. The van der Waals surface area contributed by atoms with E-state index >= 15 is 0 Å². The number of ether oxygens (including phenoxy) is 1. The summed E-state index contributed by atoms with van der Waals surface area (Å²) in [7, 11) is 0. The molecule has 8 heteroatoms. The molecule has 1 rings (SSSR count). The summed E-state index contributed by atoms with van der Waals surface area (Å²) in [6.45, 7) is 17.6. The average molecular weight is 546 g/mol. The molecule has 3 amide bonds. The number of rotatable bonds is 15. The van der Waals surface area contributed by atoms with E-state index in [0.29, 0.717) is 17.5 Å². The number of unbranched alkanes of at least 4 members (excludes halogenated alkanes) is 2. The van der Waals surface area contributed by atoms with Gasteiger partial charge in [0.15, 0.2) is 0 Å². The van der Waals surface area contributed by atoms with Crippen LogP contribution in [0.25, 0.3) is 0 Å². The minimum absolute atomic E-state index is 0.130. The predicted octanol–water partition coefficient (Wildman–Crippen LogP) is 5.75. The maximum Gasteiger partial charge on any atom is 0.311 e. The second-order valence-electron chi connectivity index (χ2n) is 12.6. The number of carbonyl (C=O) groups is 4. The maximum absolute atomic E-state index is 12.9. The molecule has 0 bridgehead atoms. The van der Waals surface area contributed by atoms with Crippen LogP contribution in [-0.4, -0.2) is 35.8 Å². The number of hydrogen-bond acceptors (Lipinski definition) is 5. The van der Waals surface area contributed by atoms with Gasteiger partial charge in [-0.2, -0.15) is 0 Å². The standard InChI is InChI=1S/C31H51N3O5/c1-10-31(8,9)19-13-11-12-14-25(35)34-26(21(2)3)28(37)32-22(4)27(36)33-24-17-15-23(16-18-24)20-39-29(38)30(5,6)7/h15-18,21-22,26H,10-14,19-20H2,1-9H3,(H,32,37)(H,33,36)(H,34,35)/t22-,26-/m1/s1. The molecule has 1 aromatic rings. The van der Waals surface area contributed by atoms with Crippen LogP contribution in [0.5, 0.6) is 0 Å². The molecular formula is C31H51N3O5. The number of anilines is 1. The second-order valence-corrected chi connectivity index (χ2v) is 12.6. The molecule has 0 spiro atoms. The lowest BCUT2D eigenvalue weighted by atomic mass is 9.84. The Kier molecular flexibility index (Phi) is 13.7. The van der Waals surface area contributed by atoms with Crippen molar-refractivity contribution in [3.05, 3.63) is 29.8 Å². The highest BCUT2D eigenvalue weighted by atomic mass is 16.5. The zero-order valence-corrected chi connectivity index (χ0v) is 25.5. The van der Waals surface area contributed by atoms with Crippen molar-refractivity contribution < 1.29 is 23.9 Å². The molecule has 0 aliphatic heterocycles. The molecule has 0 fully saturated rings. The highest BCUT2D eigenvalue weighted by Gasteiger charge is 2.27. The Balaban J connectivity index is 2.53. The van der Waals surface area contributed by atoms with E-state index in [1.807, 2.05) is 13.8 Å². The van der Waals surface area contributed by atoms with E-state index in [2.05, 4.69) is 36.7 Å². The lowest BCUT2D eigenvalue weighted by Gasteiger charge is -2.24. The van der Waals surface area contributed by atoms with Gasteiger partial charge in [0, 0.05) is 12.1 Å². The molecule has 0 radical (unpaired) electrons. The first kappa shape index (κ1) is 34.1. The van der Waals surface area contributed by atoms with E-state index in [1.54, 1.807) is 52.0 Å². The molecule has 0 aliphatic rings. The van der Waals surface area contributed by atoms with Crippen LogP contribution >= 0.6 is 0 Å². The Morgan fingerprint density at radius 2 is 1.46 bits per heavy atom. The van der Waals surface area contributed by atoms with Crippen LogP contribution in [0, 0.1) is 16.7 Å². The van der Waals surface area contributed by atoms with Crippen molar-refractivity contribution in [2.75, 3.05) is 5.32 Å². The van der Waals surface area contributed by atoms with Gasteiger partial charge in [0.05, 0.1) is 5.41 Å². The van der Waals surface area contributed by atoms with Crippen molar-refractivity contribution in [1.82, 2.24) is 10.6 Å². The van der Waals surface area contributed by atoms with Gasteiger partial charge in [-0.15, -0.1) is 0 Å². The first-order chi connectivity index (χ1) is 18.1. The third kappa shape index (κ3) is 13.1. The summed E-state index contributed by atoms with van der Waals surface area (Å²) in [5.41, 5.74) is 1.12. The quantitative estimate of drug-likeness (QED) is 0.192. The number of benzene rings is 1. The van der Waals surface area contributed by atoms with Gasteiger partial charge < -0.3 is 20.7 Å². The van der Waals surface area contributed by atoms with Gasteiger partial charge in [0.25, 0.3) is 0 Å². The minimum atomic E-state index is -0.801. The fourth-order valence-corrected chi connectivity index (χ4v) is 3.69. The lowest BCUT2D eigenvalue weighted by Crippen LogP contribution is -2.53. The summed E-state index contributed by atoms with van der Waals surface area (Å²) in [6, 6.07) is 5.44. The maximum atomic E-state index is 12.9. The third-order valence-corrected chi connectivity index (χ3v) is 6.94. The van der Waals surface area contributed by atoms with Gasteiger partial charge >= 0.3 is 5.97 Å². The molecule has 0 unspecified atom stereocenters. The Hall–Kier alpha value is -2.90. The smallest absolute Gasteiger partial charge is 0.311 e. The number of carbonyl (C=O) groups excluding carboxylic acids is 4. The van der Waals surface area contributed by atoms with Crippen molar-refractivity contribution in [2.24, 2.45) is 16.7 Å². The first-order valence-electron chi connectivity index (χ1n) is 14.2. The van der Waals surface area contributed by atoms with Gasteiger partial charge in [-0.05, 0) is 69.6 Å². The van der Waals surface area contributed by atoms with Crippen molar-refractivity contribution in [3.8, 4) is 0 Å². The molecule has 2 atom stereocenters. The van der Waals surface area contributed by atoms with Crippen LogP contribution in [0.3, 0.4) is 0 Å². The van der Waals surface area contributed by atoms with Crippen LogP contribution in [0.1, 0.15) is 106 Å². The topological polar surface area (TPSA) is 114 Å². The van der Waals surface area contributed by atoms with Crippen LogP contribution in [0.15, 0.2) is 24.3 Å². The average Bonchev–Trinajstić information content (AvgIpc) is 2.85. The summed E-state index contributed by atoms with van der Waals surface area (Å²) in [5.74, 6) is -1.33. The zero-order valence-electron chi connectivity index (χ0n) is 25.5. The SMILES string of the molecule is CCC(C)(C)CCCCCC(=O)N[C@@H](C(=O)N[C@H](C)C(=O)Nc1ccc(COC(=O)C(C)(C)C)cc1)C(C)C. The molecule has 0 aromatic heterocycles. The van der Waals surface area contributed by atoms with Crippen LogP contribution in [-0.2, 0) is 30.5 Å². The summed E-state index contributed by atoms with van der Waals surface area (Å²) in [5, 5.41) is 8.34. The van der Waals surface area contributed by atoms with Crippen molar-refractivity contribution >= 4 is 29.4 Å². The number of hydrogen-bond donors (Lipinski definition) is 3. The van der Waals surface area contributed by atoms with Crippen LogP contribution in [0.2, 0.25) is 0 Å². The Bertz CT molecular complexity index is 948. The second kappa shape index (κ2) is 15.6. The van der Waals surface area contributed by atoms with Crippen molar-refractivity contribution in [1.29, 1.82) is 0 Å². The largest absolute Gasteiger partial charge is 0.460 e. The lowest BCUT2D eigenvalue weighted by molar-refractivity contribution is -0.154. The van der Waals surface area contributed by atoms with Crippen LogP contribution in [0.4, 0.5) is 5.69 Å². The molecule has 220 valence electrons. The Morgan fingerprint density at radius 3 is 2.00 bits per heavy atom. The number of nitrogens with one attached hydrogen (secondary N) is 3. The highest BCUT2D eigenvalue weighted by molar-refractivity contribution is 5.98. The van der Waals surface area contributed by atoms with Crippen molar-refractivity contribution in [2.45, 2.75) is 120 Å². The molecule has 8 nitrogen and oxygen atoms in total. The predicted molar refractivity (Wildman–Crippen MR) is 156 cm³/mol. The van der Waals surface area contributed by atoms with E-state index in [0.717, 1.165) is 37.7 Å². The van der Waals surface area contributed by atoms with E-state index in [9.17, 15) is 19.2 Å². The molecule has 0 saturated heterocycles. The highest BCUT2D eigenvalue weighted by Crippen LogP contribution is 2.27. The summed E-state index contributed by atoms with van der Waals surface area (Å²) in [6.07, 6.45) is 5.51. The fraction of sp³-hybridized carbons (Fsp3) is 0.677. The van der Waals surface area contributed by atoms with E-state index in [-0.39, 0.29) is 36.2 Å². The first-order valence-corrected chi connectivity index (χ1v) is 14.2. The zero-order chi connectivity index (χ0) is 29.8. The van der Waals surface area contributed by atoms with Crippen LogP contribution < -0.4 is 16.0 Å². The van der Waals surface area contributed by atoms with Gasteiger partial charge in [0.2, 0.25) is 17.7 Å². The minimum Gasteiger partial charge on any atom is -0.460 e. The molecular weight excluding hydrogens is 494 g/mol. The van der Waals surface area contributed by atoms with Gasteiger partial charge in [-0.1, -0.05) is 66.0 Å². The number of esters is 1. The molecule has 39 heavy (non-hydrogen) atoms. The fourth-order valence-electron chi connectivity index (χ4n) is 3.69. The molecule has 1 aromatic carbocycles. The van der Waals surface area contributed by atoms with Gasteiger partial charge in [-0.3, -0.25) is 19.2 Å². The Morgan fingerprint density at radius 1 is 0.846 bits per heavy atom. The third-order valence-electron chi connectivity index (χ3n) is 6.94. The van der Waals surface area contributed by atoms with E-state index in [1.165, 1.54) is 0 Å².